The Morgan fingerprint density at radius 1 is 1.21 bits per heavy atom. The average molecular weight is 328 g/mol. The molecular formula is C18H20N2O4. The van der Waals surface area contributed by atoms with Crippen molar-refractivity contribution in [1.29, 1.82) is 0 Å². The molecule has 0 unspecified atom stereocenters. The van der Waals surface area contributed by atoms with Gasteiger partial charge in [0, 0.05) is 5.56 Å². The number of carbonyl (C=O) groups excluding carboxylic acids is 2. The first-order chi connectivity index (χ1) is 11.5. The van der Waals surface area contributed by atoms with Gasteiger partial charge in [-0.15, -0.1) is 0 Å². The molecule has 1 aromatic heterocycles. The summed E-state index contributed by atoms with van der Waals surface area (Å²) in [5.41, 5.74) is 1.73. The summed E-state index contributed by atoms with van der Waals surface area (Å²) in [6.45, 7) is 3.21. The van der Waals surface area contributed by atoms with Gasteiger partial charge in [-0.05, 0) is 38.1 Å². The molecule has 1 amide bonds. The van der Waals surface area contributed by atoms with Gasteiger partial charge < -0.3 is 15.2 Å². The highest BCUT2D eigenvalue weighted by molar-refractivity contribution is 5.94. The van der Waals surface area contributed by atoms with Gasteiger partial charge in [-0.3, -0.25) is 14.6 Å². The largest absolute Gasteiger partial charge is 0.481 e. The molecule has 2 aromatic rings. The number of benzene rings is 1. The molecular weight excluding hydrogens is 308 g/mol. The number of aliphatic hydroxyl groups is 1. The number of carbonyl (C=O) groups is 2. The third kappa shape index (κ3) is 4.89. The molecule has 1 atom stereocenters. The number of aliphatic hydroxyl groups excluding tert-OH is 1. The van der Waals surface area contributed by atoms with E-state index in [4.69, 9.17) is 9.84 Å². The van der Waals surface area contributed by atoms with E-state index in [1.54, 1.807) is 49.4 Å². The third-order valence-corrected chi connectivity index (χ3v) is 3.39. The van der Waals surface area contributed by atoms with Crippen molar-refractivity contribution in [3.8, 4) is 5.75 Å². The third-order valence-electron chi connectivity index (χ3n) is 3.39. The molecule has 0 aliphatic rings. The zero-order valence-electron chi connectivity index (χ0n) is 13.7. The number of rotatable bonds is 7. The number of ether oxygens (including phenoxy) is 1. The molecule has 0 aliphatic heterocycles. The zero-order valence-corrected chi connectivity index (χ0v) is 13.7. The lowest BCUT2D eigenvalue weighted by Gasteiger charge is -2.15. The van der Waals surface area contributed by atoms with Crippen LogP contribution in [0.2, 0.25) is 0 Å². The first-order valence-electron chi connectivity index (χ1n) is 7.60. The van der Waals surface area contributed by atoms with E-state index in [2.05, 4.69) is 10.3 Å². The number of hydrogen-bond acceptors (Lipinski definition) is 5. The number of pyridine rings is 1. The summed E-state index contributed by atoms with van der Waals surface area (Å²) in [4.78, 5) is 27.7. The van der Waals surface area contributed by atoms with Gasteiger partial charge >= 0.3 is 0 Å². The van der Waals surface area contributed by atoms with Crippen molar-refractivity contribution < 1.29 is 19.4 Å². The number of nitrogens with one attached hydrogen (secondary N) is 1. The summed E-state index contributed by atoms with van der Waals surface area (Å²) < 4.78 is 5.58. The van der Waals surface area contributed by atoms with E-state index in [-0.39, 0.29) is 24.8 Å². The molecule has 126 valence electrons. The fourth-order valence-corrected chi connectivity index (χ4v) is 2.08. The molecule has 1 aromatic carbocycles. The standard InChI is InChI=1S/C18H20N2O4/c1-12(22)14-5-3-8-17(9-14)24-13(2)18(23)19-10-15-6-4-7-16(11-21)20-15/h3-9,13,21H,10-11H2,1-2H3,(H,19,23)/t13-/m0/s1. The Morgan fingerprint density at radius 2 is 1.92 bits per heavy atom. The number of aromatic nitrogens is 1. The summed E-state index contributed by atoms with van der Waals surface area (Å²) in [6, 6.07) is 12.0. The van der Waals surface area contributed by atoms with Gasteiger partial charge in [0.15, 0.2) is 11.9 Å². The Hall–Kier alpha value is -2.73. The molecule has 0 aliphatic carbocycles. The highest BCUT2D eigenvalue weighted by atomic mass is 16.5. The number of Topliss-reactive ketones (excluding diaryl/α,β-unsaturated/α-hetero) is 1. The number of nitrogens with zero attached hydrogens (tertiary/aromatic N) is 1. The van der Waals surface area contributed by atoms with Crippen molar-refractivity contribution in [3.05, 3.63) is 59.4 Å². The van der Waals surface area contributed by atoms with E-state index in [9.17, 15) is 9.59 Å². The molecule has 0 bridgehead atoms. The maximum atomic E-state index is 12.1. The number of hydrogen-bond donors (Lipinski definition) is 2. The van der Waals surface area contributed by atoms with E-state index < -0.39 is 6.10 Å². The monoisotopic (exact) mass is 328 g/mol. The van der Waals surface area contributed by atoms with Gasteiger partial charge in [-0.1, -0.05) is 18.2 Å². The minimum Gasteiger partial charge on any atom is -0.481 e. The molecule has 1 heterocycles. The van der Waals surface area contributed by atoms with Crippen LogP contribution in [0.4, 0.5) is 0 Å². The second-order valence-electron chi connectivity index (χ2n) is 5.34. The Balaban J connectivity index is 1.92. The first kappa shape index (κ1) is 17.6. The van der Waals surface area contributed by atoms with Gasteiger partial charge in [0.2, 0.25) is 0 Å². The molecule has 0 saturated heterocycles. The van der Waals surface area contributed by atoms with E-state index in [1.165, 1.54) is 6.92 Å². The fourth-order valence-electron chi connectivity index (χ4n) is 2.08. The lowest BCUT2D eigenvalue weighted by Crippen LogP contribution is -2.36. The predicted octanol–water partition coefficient (Wildman–Crippen LogP) is 1.86. The Kier molecular flexibility index (Phi) is 6.03. The Bertz CT molecular complexity index is 730. The van der Waals surface area contributed by atoms with Crippen LogP contribution in [0.25, 0.3) is 0 Å². The molecule has 2 rings (SSSR count). The minimum atomic E-state index is -0.715. The summed E-state index contributed by atoms with van der Waals surface area (Å²) in [6.07, 6.45) is -0.715. The van der Waals surface area contributed by atoms with Crippen LogP contribution in [-0.4, -0.2) is 27.9 Å². The van der Waals surface area contributed by atoms with Crippen LogP contribution in [0, 0.1) is 0 Å². The van der Waals surface area contributed by atoms with Crippen molar-refractivity contribution >= 4 is 11.7 Å². The van der Waals surface area contributed by atoms with E-state index in [1.807, 2.05) is 0 Å². The quantitative estimate of drug-likeness (QED) is 0.757. The second kappa shape index (κ2) is 8.21. The van der Waals surface area contributed by atoms with Crippen molar-refractivity contribution in [2.24, 2.45) is 0 Å². The maximum Gasteiger partial charge on any atom is 0.261 e. The fraction of sp³-hybridized carbons (Fsp3) is 0.278. The van der Waals surface area contributed by atoms with Crippen molar-refractivity contribution in [2.75, 3.05) is 0 Å². The molecule has 0 spiro atoms. The highest BCUT2D eigenvalue weighted by Crippen LogP contribution is 2.15. The molecule has 6 heteroatoms. The summed E-state index contributed by atoms with van der Waals surface area (Å²) in [5.74, 6) is 0.109. The molecule has 2 N–H and O–H groups in total. The van der Waals surface area contributed by atoms with Crippen LogP contribution < -0.4 is 10.1 Å². The Labute approximate surface area is 140 Å². The topological polar surface area (TPSA) is 88.5 Å². The first-order valence-corrected chi connectivity index (χ1v) is 7.60. The van der Waals surface area contributed by atoms with E-state index >= 15 is 0 Å². The zero-order chi connectivity index (χ0) is 17.5. The lowest BCUT2D eigenvalue weighted by molar-refractivity contribution is -0.127. The number of ketones is 1. The van der Waals surface area contributed by atoms with Crippen LogP contribution in [-0.2, 0) is 17.9 Å². The summed E-state index contributed by atoms with van der Waals surface area (Å²) in [5, 5.41) is 11.8. The summed E-state index contributed by atoms with van der Waals surface area (Å²) >= 11 is 0. The van der Waals surface area contributed by atoms with Gasteiger partial charge in [0.1, 0.15) is 5.75 Å². The molecule has 0 fully saturated rings. The summed E-state index contributed by atoms with van der Waals surface area (Å²) in [7, 11) is 0. The number of amides is 1. The Morgan fingerprint density at radius 3 is 2.62 bits per heavy atom. The van der Waals surface area contributed by atoms with Crippen molar-refractivity contribution in [3.63, 3.8) is 0 Å². The molecule has 0 saturated carbocycles. The van der Waals surface area contributed by atoms with Crippen LogP contribution in [0.3, 0.4) is 0 Å². The molecule has 24 heavy (non-hydrogen) atoms. The van der Waals surface area contributed by atoms with Crippen molar-refractivity contribution in [1.82, 2.24) is 10.3 Å². The second-order valence-corrected chi connectivity index (χ2v) is 5.34. The van der Waals surface area contributed by atoms with Gasteiger partial charge in [0.25, 0.3) is 5.91 Å². The van der Waals surface area contributed by atoms with Crippen LogP contribution >= 0.6 is 0 Å². The van der Waals surface area contributed by atoms with Crippen molar-refractivity contribution in [2.45, 2.75) is 33.1 Å². The molecule has 0 radical (unpaired) electrons. The van der Waals surface area contributed by atoms with Gasteiger partial charge in [-0.2, -0.15) is 0 Å². The van der Waals surface area contributed by atoms with E-state index in [0.717, 1.165) is 0 Å². The smallest absolute Gasteiger partial charge is 0.261 e. The SMILES string of the molecule is CC(=O)c1cccc(O[C@@H](C)C(=O)NCc2cccc(CO)n2)c1. The predicted molar refractivity (Wildman–Crippen MR) is 88.5 cm³/mol. The van der Waals surface area contributed by atoms with Crippen LogP contribution in [0.15, 0.2) is 42.5 Å². The highest BCUT2D eigenvalue weighted by Gasteiger charge is 2.15. The lowest BCUT2D eigenvalue weighted by atomic mass is 10.1. The van der Waals surface area contributed by atoms with Crippen LogP contribution in [0.5, 0.6) is 5.75 Å². The van der Waals surface area contributed by atoms with Gasteiger partial charge in [0.05, 0.1) is 24.5 Å². The normalized spacial score (nSPS) is 11.6. The average Bonchev–Trinajstić information content (AvgIpc) is 2.60. The van der Waals surface area contributed by atoms with Crippen LogP contribution in [0.1, 0.15) is 35.6 Å². The van der Waals surface area contributed by atoms with Gasteiger partial charge in [-0.25, -0.2) is 0 Å². The van der Waals surface area contributed by atoms with E-state index in [0.29, 0.717) is 22.7 Å². The minimum absolute atomic E-state index is 0.0626. The molecule has 6 nitrogen and oxygen atoms in total. The maximum absolute atomic E-state index is 12.1.